The van der Waals surface area contributed by atoms with Crippen molar-refractivity contribution in [2.45, 2.75) is 0 Å². The van der Waals surface area contributed by atoms with Gasteiger partial charge in [0.15, 0.2) is 6.29 Å². The lowest BCUT2D eigenvalue weighted by molar-refractivity contribution is 0.111. The first-order valence-corrected chi connectivity index (χ1v) is 5.89. The van der Waals surface area contributed by atoms with E-state index in [1.165, 1.54) is 0 Å². The van der Waals surface area contributed by atoms with Gasteiger partial charge in [-0.15, -0.1) is 10.2 Å². The Hall–Kier alpha value is -3.02. The van der Waals surface area contributed by atoms with Gasteiger partial charge in [0, 0.05) is 17.3 Å². The van der Waals surface area contributed by atoms with Crippen LogP contribution in [0.3, 0.4) is 0 Å². The minimum absolute atomic E-state index is 0.0943. The van der Waals surface area contributed by atoms with Gasteiger partial charge in [-0.25, -0.2) is 0 Å². The first-order chi connectivity index (χ1) is 9.78. The molecule has 6 heteroatoms. The molecule has 0 atom stereocenters. The molecule has 0 fully saturated rings. The fourth-order valence-corrected chi connectivity index (χ4v) is 1.89. The number of nitrogens with one attached hydrogen (secondary N) is 1. The average Bonchev–Trinajstić information content (AvgIpc) is 3.01. The molecule has 3 rings (SSSR count). The van der Waals surface area contributed by atoms with E-state index in [0.29, 0.717) is 17.5 Å². The SMILES string of the molecule is O=Cc1ccc(-c2ccc(-c3cn[nH]c3)cc2O)nn1. The maximum absolute atomic E-state index is 10.5. The second-order valence-electron chi connectivity index (χ2n) is 4.18. The Balaban J connectivity index is 2.00. The summed E-state index contributed by atoms with van der Waals surface area (Å²) in [4.78, 5) is 10.5. The summed E-state index contributed by atoms with van der Waals surface area (Å²) >= 11 is 0. The molecule has 1 aromatic carbocycles. The van der Waals surface area contributed by atoms with Crippen LogP contribution >= 0.6 is 0 Å². The van der Waals surface area contributed by atoms with Gasteiger partial charge in [-0.3, -0.25) is 9.89 Å². The van der Waals surface area contributed by atoms with E-state index in [9.17, 15) is 9.90 Å². The zero-order valence-corrected chi connectivity index (χ0v) is 10.3. The van der Waals surface area contributed by atoms with E-state index in [4.69, 9.17) is 0 Å². The summed E-state index contributed by atoms with van der Waals surface area (Å²) in [6.07, 6.45) is 4.04. The quantitative estimate of drug-likeness (QED) is 0.708. The van der Waals surface area contributed by atoms with Crippen LogP contribution in [0.1, 0.15) is 10.5 Å². The molecule has 0 saturated heterocycles. The summed E-state index contributed by atoms with van der Waals surface area (Å²) in [5.74, 6) is 0.0943. The molecule has 0 unspecified atom stereocenters. The van der Waals surface area contributed by atoms with Gasteiger partial charge in [0.1, 0.15) is 11.4 Å². The van der Waals surface area contributed by atoms with Gasteiger partial charge in [-0.05, 0) is 29.8 Å². The number of carbonyl (C=O) groups is 1. The number of hydrogen-bond acceptors (Lipinski definition) is 5. The second-order valence-corrected chi connectivity index (χ2v) is 4.18. The largest absolute Gasteiger partial charge is 0.507 e. The fraction of sp³-hybridized carbons (Fsp3) is 0. The highest BCUT2D eigenvalue weighted by molar-refractivity contribution is 5.75. The highest BCUT2D eigenvalue weighted by atomic mass is 16.3. The average molecular weight is 266 g/mol. The number of aldehydes is 1. The molecule has 0 saturated carbocycles. The number of aromatic amines is 1. The van der Waals surface area contributed by atoms with Crippen molar-refractivity contribution in [3.8, 4) is 28.1 Å². The van der Waals surface area contributed by atoms with Crippen molar-refractivity contribution >= 4 is 6.29 Å². The third-order valence-corrected chi connectivity index (χ3v) is 2.91. The number of aromatic hydroxyl groups is 1. The molecule has 0 bridgehead atoms. The van der Waals surface area contributed by atoms with Crippen LogP contribution in [-0.2, 0) is 0 Å². The maximum atomic E-state index is 10.5. The van der Waals surface area contributed by atoms with Crippen molar-refractivity contribution in [1.29, 1.82) is 0 Å². The van der Waals surface area contributed by atoms with Gasteiger partial charge in [-0.2, -0.15) is 5.10 Å². The van der Waals surface area contributed by atoms with Crippen molar-refractivity contribution in [3.05, 3.63) is 48.4 Å². The Morgan fingerprint density at radius 3 is 2.60 bits per heavy atom. The van der Waals surface area contributed by atoms with Gasteiger partial charge in [0.05, 0.1) is 11.9 Å². The number of rotatable bonds is 3. The van der Waals surface area contributed by atoms with Crippen LogP contribution in [0.15, 0.2) is 42.7 Å². The van der Waals surface area contributed by atoms with Crippen LogP contribution in [0.5, 0.6) is 5.75 Å². The summed E-state index contributed by atoms with van der Waals surface area (Å²) < 4.78 is 0. The number of phenols is 1. The minimum atomic E-state index is 0.0943. The van der Waals surface area contributed by atoms with E-state index in [0.717, 1.165) is 11.1 Å². The molecule has 2 N–H and O–H groups in total. The number of benzene rings is 1. The molecule has 20 heavy (non-hydrogen) atoms. The molecule has 3 aromatic rings. The Morgan fingerprint density at radius 2 is 2.00 bits per heavy atom. The van der Waals surface area contributed by atoms with Crippen molar-refractivity contribution in [2.24, 2.45) is 0 Å². The lowest BCUT2D eigenvalue weighted by Gasteiger charge is -2.05. The number of nitrogens with zero attached hydrogens (tertiary/aromatic N) is 3. The highest BCUT2D eigenvalue weighted by Crippen LogP contribution is 2.31. The highest BCUT2D eigenvalue weighted by Gasteiger charge is 2.09. The van der Waals surface area contributed by atoms with E-state index in [2.05, 4.69) is 20.4 Å². The molecule has 0 amide bonds. The van der Waals surface area contributed by atoms with Crippen LogP contribution in [0.2, 0.25) is 0 Å². The van der Waals surface area contributed by atoms with E-state index in [-0.39, 0.29) is 11.4 Å². The molecule has 2 heterocycles. The molecular weight excluding hydrogens is 256 g/mol. The third-order valence-electron chi connectivity index (χ3n) is 2.91. The van der Waals surface area contributed by atoms with Gasteiger partial charge in [-0.1, -0.05) is 6.07 Å². The molecule has 0 aliphatic rings. The fourth-order valence-electron chi connectivity index (χ4n) is 1.89. The van der Waals surface area contributed by atoms with Gasteiger partial charge in [0.25, 0.3) is 0 Å². The van der Waals surface area contributed by atoms with Crippen LogP contribution in [-0.4, -0.2) is 31.8 Å². The van der Waals surface area contributed by atoms with E-state index < -0.39 is 0 Å². The van der Waals surface area contributed by atoms with E-state index in [1.807, 2.05) is 6.07 Å². The maximum Gasteiger partial charge on any atom is 0.170 e. The standard InChI is InChI=1S/C14H10N4O2/c19-8-11-2-4-13(18-17-11)12-3-1-9(5-14(12)20)10-6-15-16-7-10/h1-8,20H,(H,15,16). The van der Waals surface area contributed by atoms with Crippen LogP contribution in [0.4, 0.5) is 0 Å². The van der Waals surface area contributed by atoms with Gasteiger partial charge in [0.2, 0.25) is 0 Å². The summed E-state index contributed by atoms with van der Waals surface area (Å²) in [5, 5.41) is 24.3. The molecule has 0 spiro atoms. The first kappa shape index (κ1) is 12.0. The van der Waals surface area contributed by atoms with Crippen molar-refractivity contribution < 1.29 is 9.90 Å². The van der Waals surface area contributed by atoms with E-state index >= 15 is 0 Å². The predicted molar refractivity (Wildman–Crippen MR) is 72.1 cm³/mol. The topological polar surface area (TPSA) is 91.8 Å². The van der Waals surface area contributed by atoms with Crippen molar-refractivity contribution in [2.75, 3.05) is 0 Å². The molecule has 98 valence electrons. The molecule has 6 nitrogen and oxygen atoms in total. The smallest absolute Gasteiger partial charge is 0.170 e. The van der Waals surface area contributed by atoms with Crippen LogP contribution in [0, 0.1) is 0 Å². The lowest BCUT2D eigenvalue weighted by atomic mass is 10.0. The molecule has 0 aliphatic heterocycles. The number of hydrogen-bond donors (Lipinski definition) is 2. The number of H-pyrrole nitrogens is 1. The Labute approximate surface area is 114 Å². The predicted octanol–water partition coefficient (Wildman–Crippen LogP) is 2.05. The van der Waals surface area contributed by atoms with E-state index in [1.54, 1.807) is 36.7 Å². The van der Waals surface area contributed by atoms with Gasteiger partial charge >= 0.3 is 0 Å². The third kappa shape index (κ3) is 2.14. The molecule has 0 aliphatic carbocycles. The van der Waals surface area contributed by atoms with Crippen LogP contribution in [0.25, 0.3) is 22.4 Å². The summed E-state index contributed by atoms with van der Waals surface area (Å²) in [7, 11) is 0. The summed E-state index contributed by atoms with van der Waals surface area (Å²) in [6.45, 7) is 0. The van der Waals surface area contributed by atoms with Crippen molar-refractivity contribution in [3.63, 3.8) is 0 Å². The zero-order valence-electron chi connectivity index (χ0n) is 10.3. The van der Waals surface area contributed by atoms with Crippen LogP contribution < -0.4 is 0 Å². The summed E-state index contributed by atoms with van der Waals surface area (Å²) in [6, 6.07) is 8.44. The van der Waals surface area contributed by atoms with Gasteiger partial charge < -0.3 is 5.11 Å². The Morgan fingerprint density at radius 1 is 1.10 bits per heavy atom. The minimum Gasteiger partial charge on any atom is -0.507 e. The number of carbonyl (C=O) groups excluding carboxylic acids is 1. The monoisotopic (exact) mass is 266 g/mol. The Kier molecular flexibility index (Phi) is 2.96. The van der Waals surface area contributed by atoms with Crippen molar-refractivity contribution in [1.82, 2.24) is 20.4 Å². The normalized spacial score (nSPS) is 10.4. The molecule has 0 radical (unpaired) electrons. The summed E-state index contributed by atoms with van der Waals surface area (Å²) in [5.41, 5.74) is 3.05. The lowest BCUT2D eigenvalue weighted by Crippen LogP contribution is -1.93. The number of phenolic OH excluding ortho intramolecular Hbond substituents is 1. The second kappa shape index (κ2) is 4.93. The number of aromatic nitrogens is 4. The first-order valence-electron chi connectivity index (χ1n) is 5.89. The zero-order chi connectivity index (χ0) is 13.9. The molecular formula is C14H10N4O2. The molecule has 2 aromatic heterocycles. The Bertz CT molecular complexity index is 736.